The average Bonchev–Trinajstić information content (AvgIpc) is 2.65. The summed E-state index contributed by atoms with van der Waals surface area (Å²) in [6.07, 6.45) is 2.46. The van der Waals surface area contributed by atoms with E-state index in [4.69, 9.17) is 0 Å². The minimum absolute atomic E-state index is 0.397. The van der Waals surface area contributed by atoms with Gasteiger partial charge in [0.25, 0.3) is 0 Å². The van der Waals surface area contributed by atoms with Gasteiger partial charge in [0.05, 0.1) is 5.69 Å². The molecule has 0 bridgehead atoms. The molecular formula is C13H18N2O. The van der Waals surface area contributed by atoms with E-state index in [2.05, 4.69) is 16.9 Å². The Labute approximate surface area is 96.5 Å². The summed E-state index contributed by atoms with van der Waals surface area (Å²) < 4.78 is 0. The van der Waals surface area contributed by atoms with E-state index < -0.39 is 0 Å². The van der Waals surface area contributed by atoms with Crippen LogP contribution in [0.15, 0.2) is 18.2 Å². The Balaban J connectivity index is 1.96. The fourth-order valence-electron chi connectivity index (χ4n) is 2.24. The topological polar surface area (TPSA) is 33.2 Å². The van der Waals surface area contributed by atoms with Gasteiger partial charge in [-0.2, -0.15) is 0 Å². The minimum atomic E-state index is 0.397. The van der Waals surface area contributed by atoms with Crippen molar-refractivity contribution in [3.05, 3.63) is 29.6 Å². The predicted octanol–water partition coefficient (Wildman–Crippen LogP) is 1.94. The van der Waals surface area contributed by atoms with Crippen LogP contribution in [0.2, 0.25) is 0 Å². The minimum Gasteiger partial charge on any atom is -0.300 e. The van der Waals surface area contributed by atoms with Crippen molar-refractivity contribution in [1.29, 1.82) is 0 Å². The standard InChI is InChI=1S/C13H18N2O/c1-10-4-3-5-11(14-10)9-15(2)12-6-7-13(16)8-12/h3-5,12H,6-9H2,1-2H3. The lowest BCUT2D eigenvalue weighted by atomic mass is 10.2. The van der Waals surface area contributed by atoms with Crippen LogP contribution < -0.4 is 0 Å². The summed E-state index contributed by atoms with van der Waals surface area (Å²) in [6, 6.07) is 6.49. The highest BCUT2D eigenvalue weighted by Gasteiger charge is 2.25. The molecule has 0 spiro atoms. The average molecular weight is 218 g/mol. The Hall–Kier alpha value is -1.22. The van der Waals surface area contributed by atoms with Crippen LogP contribution in [-0.2, 0) is 11.3 Å². The van der Waals surface area contributed by atoms with Crippen molar-refractivity contribution in [1.82, 2.24) is 9.88 Å². The van der Waals surface area contributed by atoms with Crippen LogP contribution in [0.4, 0.5) is 0 Å². The van der Waals surface area contributed by atoms with Crippen molar-refractivity contribution in [3.8, 4) is 0 Å². The zero-order valence-corrected chi connectivity index (χ0v) is 9.94. The van der Waals surface area contributed by atoms with Crippen molar-refractivity contribution in [2.24, 2.45) is 0 Å². The Kier molecular flexibility index (Phi) is 3.34. The second kappa shape index (κ2) is 4.74. The molecule has 1 heterocycles. The molecule has 1 aliphatic rings. The molecule has 3 nitrogen and oxygen atoms in total. The summed E-state index contributed by atoms with van der Waals surface area (Å²) in [7, 11) is 2.08. The first-order valence-electron chi connectivity index (χ1n) is 5.79. The molecule has 0 saturated heterocycles. The third-order valence-corrected chi connectivity index (χ3v) is 3.20. The first kappa shape index (κ1) is 11.3. The van der Waals surface area contributed by atoms with Gasteiger partial charge in [0, 0.05) is 31.1 Å². The molecule has 0 N–H and O–H groups in total. The molecule has 1 aliphatic carbocycles. The third-order valence-electron chi connectivity index (χ3n) is 3.20. The first-order chi connectivity index (χ1) is 7.65. The second-order valence-electron chi connectivity index (χ2n) is 4.62. The molecule has 0 aliphatic heterocycles. The maximum absolute atomic E-state index is 11.2. The summed E-state index contributed by atoms with van der Waals surface area (Å²) in [4.78, 5) is 17.9. The number of aryl methyl sites for hydroxylation is 1. The lowest BCUT2D eigenvalue weighted by Crippen LogP contribution is -2.29. The van der Waals surface area contributed by atoms with Crippen LogP contribution in [0.25, 0.3) is 0 Å². The fourth-order valence-corrected chi connectivity index (χ4v) is 2.24. The highest BCUT2D eigenvalue weighted by atomic mass is 16.1. The number of Topliss-reactive ketones (excluding diaryl/α,β-unsaturated/α-hetero) is 1. The zero-order valence-electron chi connectivity index (χ0n) is 9.94. The van der Waals surface area contributed by atoms with Crippen molar-refractivity contribution >= 4 is 5.78 Å². The van der Waals surface area contributed by atoms with E-state index in [0.717, 1.165) is 30.8 Å². The monoisotopic (exact) mass is 218 g/mol. The van der Waals surface area contributed by atoms with Crippen molar-refractivity contribution in [2.45, 2.75) is 38.8 Å². The number of pyridine rings is 1. The van der Waals surface area contributed by atoms with Crippen LogP contribution in [0, 0.1) is 6.92 Å². The summed E-state index contributed by atoms with van der Waals surface area (Å²) >= 11 is 0. The molecule has 1 aromatic rings. The van der Waals surface area contributed by atoms with Crippen LogP contribution in [0.1, 0.15) is 30.7 Å². The Morgan fingerprint density at radius 1 is 1.50 bits per heavy atom. The lowest BCUT2D eigenvalue weighted by molar-refractivity contribution is -0.117. The SMILES string of the molecule is Cc1cccc(CN(C)C2CCC(=O)C2)n1. The number of hydrogen-bond acceptors (Lipinski definition) is 3. The van der Waals surface area contributed by atoms with Crippen LogP contribution in [0.3, 0.4) is 0 Å². The third kappa shape index (κ3) is 2.67. The zero-order chi connectivity index (χ0) is 11.5. The van der Waals surface area contributed by atoms with E-state index >= 15 is 0 Å². The van der Waals surface area contributed by atoms with E-state index in [1.54, 1.807) is 0 Å². The van der Waals surface area contributed by atoms with E-state index in [1.165, 1.54) is 0 Å². The van der Waals surface area contributed by atoms with Gasteiger partial charge < -0.3 is 0 Å². The van der Waals surface area contributed by atoms with Gasteiger partial charge in [0.2, 0.25) is 0 Å². The molecule has 1 aromatic heterocycles. The number of ketones is 1. The van der Waals surface area contributed by atoms with Gasteiger partial charge in [-0.25, -0.2) is 0 Å². The molecule has 2 rings (SSSR count). The van der Waals surface area contributed by atoms with Gasteiger partial charge in [-0.15, -0.1) is 0 Å². The fraction of sp³-hybridized carbons (Fsp3) is 0.538. The molecule has 1 unspecified atom stereocenters. The van der Waals surface area contributed by atoms with Crippen LogP contribution in [-0.4, -0.2) is 28.8 Å². The van der Waals surface area contributed by atoms with E-state index in [0.29, 0.717) is 18.2 Å². The smallest absolute Gasteiger partial charge is 0.134 e. The molecule has 1 atom stereocenters. The molecule has 16 heavy (non-hydrogen) atoms. The van der Waals surface area contributed by atoms with Gasteiger partial charge in [-0.3, -0.25) is 14.7 Å². The number of nitrogens with zero attached hydrogens (tertiary/aromatic N) is 2. The van der Waals surface area contributed by atoms with Crippen molar-refractivity contribution in [2.75, 3.05) is 7.05 Å². The number of rotatable bonds is 3. The molecular weight excluding hydrogens is 200 g/mol. The van der Waals surface area contributed by atoms with Gasteiger partial charge in [0.1, 0.15) is 5.78 Å². The van der Waals surface area contributed by atoms with Crippen LogP contribution >= 0.6 is 0 Å². The van der Waals surface area contributed by atoms with Crippen molar-refractivity contribution < 1.29 is 4.79 Å². The van der Waals surface area contributed by atoms with Gasteiger partial charge in [-0.1, -0.05) is 6.07 Å². The highest BCUT2D eigenvalue weighted by Crippen LogP contribution is 2.20. The Morgan fingerprint density at radius 3 is 2.94 bits per heavy atom. The number of carbonyl (C=O) groups excluding carboxylic acids is 1. The summed E-state index contributed by atoms with van der Waals surface area (Å²) in [5.74, 6) is 0.397. The quantitative estimate of drug-likeness (QED) is 0.777. The van der Waals surface area contributed by atoms with Gasteiger partial charge in [0.15, 0.2) is 0 Å². The maximum atomic E-state index is 11.2. The molecule has 0 radical (unpaired) electrons. The highest BCUT2D eigenvalue weighted by molar-refractivity contribution is 5.81. The number of hydrogen-bond donors (Lipinski definition) is 0. The number of carbonyl (C=O) groups is 1. The van der Waals surface area contributed by atoms with Gasteiger partial charge >= 0.3 is 0 Å². The molecule has 1 fully saturated rings. The lowest BCUT2D eigenvalue weighted by Gasteiger charge is -2.22. The molecule has 1 saturated carbocycles. The molecule has 3 heteroatoms. The Morgan fingerprint density at radius 2 is 2.31 bits per heavy atom. The normalized spacial score (nSPS) is 20.7. The van der Waals surface area contributed by atoms with Crippen molar-refractivity contribution in [3.63, 3.8) is 0 Å². The van der Waals surface area contributed by atoms with Crippen LogP contribution in [0.5, 0.6) is 0 Å². The summed E-state index contributed by atoms with van der Waals surface area (Å²) in [6.45, 7) is 2.84. The van der Waals surface area contributed by atoms with Gasteiger partial charge in [-0.05, 0) is 32.5 Å². The maximum Gasteiger partial charge on any atom is 0.134 e. The Bertz CT molecular complexity index is 389. The largest absolute Gasteiger partial charge is 0.300 e. The number of aromatic nitrogens is 1. The molecule has 0 amide bonds. The van der Waals surface area contributed by atoms with E-state index in [9.17, 15) is 4.79 Å². The summed E-state index contributed by atoms with van der Waals surface area (Å²) in [5, 5.41) is 0. The van der Waals surface area contributed by atoms with E-state index in [-0.39, 0.29) is 0 Å². The van der Waals surface area contributed by atoms with E-state index in [1.807, 2.05) is 25.1 Å². The predicted molar refractivity (Wildman–Crippen MR) is 63.1 cm³/mol. The molecule has 86 valence electrons. The second-order valence-corrected chi connectivity index (χ2v) is 4.62. The first-order valence-corrected chi connectivity index (χ1v) is 5.79. The summed E-state index contributed by atoms with van der Waals surface area (Å²) in [5.41, 5.74) is 2.13. The molecule has 0 aromatic carbocycles.